The van der Waals surface area contributed by atoms with Gasteiger partial charge in [-0.05, 0) is 74.2 Å². The second kappa shape index (κ2) is 7.43. The summed E-state index contributed by atoms with van der Waals surface area (Å²) in [5.41, 5.74) is 3.58. The molecule has 0 unspecified atom stereocenters. The zero-order valence-electron chi connectivity index (χ0n) is 15.9. The first-order valence-corrected chi connectivity index (χ1v) is 10.3. The van der Waals surface area contributed by atoms with Crippen molar-refractivity contribution in [2.75, 3.05) is 10.2 Å². The lowest BCUT2D eigenvalue weighted by atomic mass is 10.1. The number of carbonyl (C=O) groups excluding carboxylic acids is 3. The van der Waals surface area contributed by atoms with Crippen LogP contribution in [0.2, 0.25) is 0 Å². The van der Waals surface area contributed by atoms with E-state index in [2.05, 4.69) is 5.32 Å². The number of nitrogens with zero attached hydrogens (tertiary/aromatic N) is 1. The molecule has 1 N–H and O–H groups in total. The van der Waals surface area contributed by atoms with Gasteiger partial charge in [-0.2, -0.15) is 0 Å². The zero-order chi connectivity index (χ0) is 19.8. The van der Waals surface area contributed by atoms with Crippen molar-refractivity contribution in [2.45, 2.75) is 43.3 Å². The van der Waals surface area contributed by atoms with Crippen molar-refractivity contribution in [1.29, 1.82) is 0 Å². The van der Waals surface area contributed by atoms with Crippen LogP contribution in [0.15, 0.2) is 47.4 Å². The van der Waals surface area contributed by atoms with Crippen LogP contribution >= 0.6 is 11.8 Å². The van der Waals surface area contributed by atoms with Gasteiger partial charge in [-0.25, -0.2) is 4.90 Å². The molecule has 1 atom stereocenters. The molecule has 0 bridgehead atoms. The second-order valence-electron chi connectivity index (χ2n) is 7.43. The Balaban J connectivity index is 1.43. The van der Waals surface area contributed by atoms with Gasteiger partial charge in [0.15, 0.2) is 0 Å². The van der Waals surface area contributed by atoms with E-state index in [0.29, 0.717) is 5.69 Å². The van der Waals surface area contributed by atoms with Crippen LogP contribution in [-0.4, -0.2) is 23.0 Å². The van der Waals surface area contributed by atoms with Crippen LogP contribution in [-0.2, 0) is 14.4 Å². The normalized spacial score (nSPS) is 19.2. The molecule has 3 amide bonds. The molecule has 4 rings (SSSR count). The van der Waals surface area contributed by atoms with Gasteiger partial charge in [0.2, 0.25) is 17.7 Å². The largest absolute Gasteiger partial charge is 0.326 e. The number of hydrogen-bond donors (Lipinski definition) is 1. The van der Waals surface area contributed by atoms with Crippen LogP contribution in [0.5, 0.6) is 0 Å². The maximum Gasteiger partial charge on any atom is 0.247 e. The molecule has 1 heterocycles. The summed E-state index contributed by atoms with van der Waals surface area (Å²) in [4.78, 5) is 39.3. The summed E-state index contributed by atoms with van der Waals surface area (Å²) in [6, 6.07) is 13.1. The van der Waals surface area contributed by atoms with Crippen LogP contribution < -0.4 is 10.2 Å². The highest BCUT2D eigenvalue weighted by Crippen LogP contribution is 2.35. The van der Waals surface area contributed by atoms with Crippen molar-refractivity contribution >= 4 is 40.9 Å². The van der Waals surface area contributed by atoms with Crippen molar-refractivity contribution in [3.63, 3.8) is 0 Å². The molecule has 1 aliphatic heterocycles. The fourth-order valence-corrected chi connectivity index (χ4v) is 4.26. The van der Waals surface area contributed by atoms with Crippen molar-refractivity contribution in [3.8, 4) is 0 Å². The van der Waals surface area contributed by atoms with E-state index >= 15 is 0 Å². The number of aryl methyl sites for hydroxylation is 2. The molecule has 0 spiro atoms. The topological polar surface area (TPSA) is 66.5 Å². The van der Waals surface area contributed by atoms with Gasteiger partial charge in [0.05, 0.1) is 10.9 Å². The predicted molar refractivity (Wildman–Crippen MR) is 110 cm³/mol. The van der Waals surface area contributed by atoms with Gasteiger partial charge >= 0.3 is 0 Å². The van der Waals surface area contributed by atoms with Crippen LogP contribution in [0, 0.1) is 19.8 Å². The molecule has 144 valence electrons. The molecule has 0 aromatic heterocycles. The summed E-state index contributed by atoms with van der Waals surface area (Å²) in [5, 5.41) is 2.47. The first-order valence-electron chi connectivity index (χ1n) is 9.44. The summed E-state index contributed by atoms with van der Waals surface area (Å²) in [5.74, 6) is -0.114. The van der Waals surface area contributed by atoms with Gasteiger partial charge in [-0.3, -0.25) is 14.4 Å². The molecule has 0 radical (unpaired) electrons. The van der Waals surface area contributed by atoms with Crippen molar-refractivity contribution in [2.24, 2.45) is 5.92 Å². The van der Waals surface area contributed by atoms with Gasteiger partial charge < -0.3 is 5.32 Å². The quantitative estimate of drug-likeness (QED) is 0.776. The average Bonchev–Trinajstić information content (AvgIpc) is 3.47. The van der Waals surface area contributed by atoms with Crippen molar-refractivity contribution in [1.82, 2.24) is 0 Å². The number of carbonyl (C=O) groups is 3. The second-order valence-corrected chi connectivity index (χ2v) is 8.71. The van der Waals surface area contributed by atoms with E-state index < -0.39 is 5.25 Å². The van der Waals surface area contributed by atoms with Crippen LogP contribution in [0.25, 0.3) is 0 Å². The van der Waals surface area contributed by atoms with E-state index in [4.69, 9.17) is 0 Å². The number of thioether (sulfide) groups is 1. The van der Waals surface area contributed by atoms with Crippen LogP contribution in [0.4, 0.5) is 11.4 Å². The van der Waals surface area contributed by atoms with Crippen molar-refractivity contribution in [3.05, 3.63) is 53.6 Å². The van der Waals surface area contributed by atoms with Gasteiger partial charge in [-0.1, -0.05) is 6.07 Å². The Morgan fingerprint density at radius 3 is 2.39 bits per heavy atom. The predicted octanol–water partition coefficient (Wildman–Crippen LogP) is 4.08. The summed E-state index contributed by atoms with van der Waals surface area (Å²) >= 11 is 1.39. The molecule has 6 heteroatoms. The summed E-state index contributed by atoms with van der Waals surface area (Å²) < 4.78 is 0. The highest BCUT2D eigenvalue weighted by molar-refractivity contribution is 8.00. The third-order valence-corrected chi connectivity index (χ3v) is 6.40. The lowest BCUT2D eigenvalue weighted by Crippen LogP contribution is -2.31. The van der Waals surface area contributed by atoms with E-state index in [1.807, 2.05) is 56.3 Å². The van der Waals surface area contributed by atoms with Gasteiger partial charge in [0.1, 0.15) is 0 Å². The lowest BCUT2D eigenvalue weighted by molar-refractivity contribution is -0.121. The standard InChI is InChI=1S/C22H22N2O3S/c1-13-3-8-17(11-14(13)2)24-20(25)12-19(22(24)27)28-18-9-6-16(7-10-18)23-21(26)15-4-5-15/h3,6-11,15,19H,4-5,12H2,1-2H3,(H,23,26)/t19-/m0/s1. The van der Waals surface area contributed by atoms with Crippen LogP contribution in [0.3, 0.4) is 0 Å². The molecule has 2 aromatic carbocycles. The maximum absolute atomic E-state index is 12.8. The number of nitrogens with one attached hydrogen (secondary N) is 1. The molecule has 1 saturated carbocycles. The first-order chi connectivity index (χ1) is 13.4. The smallest absolute Gasteiger partial charge is 0.247 e. The number of hydrogen-bond acceptors (Lipinski definition) is 4. The molecule has 28 heavy (non-hydrogen) atoms. The highest BCUT2D eigenvalue weighted by atomic mass is 32.2. The Morgan fingerprint density at radius 1 is 1.04 bits per heavy atom. The molecule has 1 saturated heterocycles. The number of anilines is 2. The molecular formula is C22H22N2O3S. The van der Waals surface area contributed by atoms with E-state index in [0.717, 1.165) is 34.6 Å². The first kappa shape index (κ1) is 18.7. The number of benzene rings is 2. The fourth-order valence-electron chi connectivity index (χ4n) is 3.20. The Bertz CT molecular complexity index is 951. The lowest BCUT2D eigenvalue weighted by Gasteiger charge is -2.16. The van der Waals surface area contributed by atoms with Crippen LogP contribution in [0.1, 0.15) is 30.4 Å². The van der Waals surface area contributed by atoms with Gasteiger partial charge in [0.25, 0.3) is 0 Å². The fraction of sp³-hybridized carbons (Fsp3) is 0.318. The SMILES string of the molecule is Cc1ccc(N2C(=O)C[C@H](Sc3ccc(NC(=O)C4CC4)cc3)C2=O)cc1C. The Labute approximate surface area is 168 Å². The summed E-state index contributed by atoms with van der Waals surface area (Å²) in [7, 11) is 0. The Kier molecular flexibility index (Phi) is 4.98. The molecule has 1 aliphatic carbocycles. The summed E-state index contributed by atoms with van der Waals surface area (Å²) in [6.45, 7) is 3.97. The maximum atomic E-state index is 12.8. The Morgan fingerprint density at radius 2 is 1.75 bits per heavy atom. The minimum Gasteiger partial charge on any atom is -0.326 e. The summed E-state index contributed by atoms with van der Waals surface area (Å²) in [6.07, 6.45) is 2.12. The molecule has 2 aromatic rings. The van der Waals surface area contributed by atoms with Crippen molar-refractivity contribution < 1.29 is 14.4 Å². The average molecular weight is 394 g/mol. The number of rotatable bonds is 5. The third-order valence-electron chi connectivity index (χ3n) is 5.20. The molecule has 2 aliphatic rings. The monoisotopic (exact) mass is 394 g/mol. The third kappa shape index (κ3) is 3.83. The minimum atomic E-state index is -0.430. The molecular weight excluding hydrogens is 372 g/mol. The zero-order valence-corrected chi connectivity index (χ0v) is 16.7. The number of amides is 3. The van der Waals surface area contributed by atoms with Gasteiger partial charge in [0, 0.05) is 22.9 Å². The van der Waals surface area contributed by atoms with E-state index in [1.165, 1.54) is 16.7 Å². The molecule has 5 nitrogen and oxygen atoms in total. The molecule has 2 fully saturated rings. The van der Waals surface area contributed by atoms with E-state index in [1.54, 1.807) is 0 Å². The van der Waals surface area contributed by atoms with Gasteiger partial charge in [-0.15, -0.1) is 11.8 Å². The van der Waals surface area contributed by atoms with E-state index in [-0.39, 0.29) is 30.1 Å². The number of imide groups is 1. The van der Waals surface area contributed by atoms with E-state index in [9.17, 15) is 14.4 Å². The Hall–Kier alpha value is -2.60. The minimum absolute atomic E-state index is 0.0704. The highest BCUT2D eigenvalue weighted by Gasteiger charge is 2.40.